The maximum atomic E-state index is 10.9. The summed E-state index contributed by atoms with van der Waals surface area (Å²) < 4.78 is 0. The van der Waals surface area contributed by atoms with Crippen molar-refractivity contribution in [2.75, 3.05) is 0 Å². The van der Waals surface area contributed by atoms with Crippen LogP contribution in [-0.4, -0.2) is 9.91 Å². The van der Waals surface area contributed by atoms with E-state index in [0.29, 0.717) is 10.6 Å². The van der Waals surface area contributed by atoms with Gasteiger partial charge < -0.3 is 0 Å². The maximum Gasteiger partial charge on any atom is 0.279 e. The fourth-order valence-electron chi connectivity index (χ4n) is 1.43. The van der Waals surface area contributed by atoms with Gasteiger partial charge in [-0.1, -0.05) is 12.1 Å². The molecule has 1 heterocycles. The van der Waals surface area contributed by atoms with E-state index in [1.54, 1.807) is 12.3 Å². The number of thiazole rings is 1. The normalized spacial score (nSPS) is 10.2. The summed E-state index contributed by atoms with van der Waals surface area (Å²) in [5.41, 5.74) is 1.61. The minimum atomic E-state index is -0.371. The van der Waals surface area contributed by atoms with Gasteiger partial charge in [0, 0.05) is 17.6 Å². The highest BCUT2D eigenvalue weighted by atomic mass is 32.1. The van der Waals surface area contributed by atoms with E-state index in [9.17, 15) is 10.1 Å². The Kier molecular flexibility index (Phi) is 2.47. The molecule has 0 N–H and O–H groups in total. The first-order chi connectivity index (χ1) is 7.20. The molecule has 1 aromatic carbocycles. The van der Waals surface area contributed by atoms with Crippen molar-refractivity contribution >= 4 is 17.0 Å². The molecule has 2 rings (SSSR count). The third-order valence-electron chi connectivity index (χ3n) is 2.09. The first-order valence-electron chi connectivity index (χ1n) is 4.34. The van der Waals surface area contributed by atoms with Crippen molar-refractivity contribution in [2.24, 2.45) is 0 Å². The Labute approximate surface area is 90.4 Å². The molecule has 0 fully saturated rings. The highest BCUT2D eigenvalue weighted by Gasteiger charge is 2.18. The van der Waals surface area contributed by atoms with E-state index in [-0.39, 0.29) is 10.6 Å². The van der Waals surface area contributed by atoms with Crippen LogP contribution in [0, 0.1) is 17.0 Å². The van der Waals surface area contributed by atoms with Crippen LogP contribution in [-0.2, 0) is 0 Å². The summed E-state index contributed by atoms with van der Waals surface area (Å²) in [7, 11) is 0. The van der Waals surface area contributed by atoms with E-state index in [0.717, 1.165) is 5.56 Å². The lowest BCUT2D eigenvalue weighted by Crippen LogP contribution is -1.93. The number of rotatable bonds is 2. The van der Waals surface area contributed by atoms with Crippen LogP contribution in [0.25, 0.3) is 10.6 Å². The number of benzene rings is 1. The van der Waals surface area contributed by atoms with Gasteiger partial charge in [-0.15, -0.1) is 11.3 Å². The molecule has 76 valence electrons. The van der Waals surface area contributed by atoms with Gasteiger partial charge in [0.25, 0.3) is 5.69 Å². The highest BCUT2D eigenvalue weighted by Crippen LogP contribution is 2.33. The molecule has 0 saturated carbocycles. The van der Waals surface area contributed by atoms with E-state index in [4.69, 9.17) is 0 Å². The van der Waals surface area contributed by atoms with Gasteiger partial charge in [0.1, 0.15) is 5.01 Å². The molecule has 0 aliphatic carbocycles. The molecule has 15 heavy (non-hydrogen) atoms. The Balaban J connectivity index is 2.68. The minimum absolute atomic E-state index is 0.116. The van der Waals surface area contributed by atoms with Crippen LogP contribution in [0.5, 0.6) is 0 Å². The van der Waals surface area contributed by atoms with E-state index >= 15 is 0 Å². The van der Waals surface area contributed by atoms with Crippen molar-refractivity contribution in [3.05, 3.63) is 45.5 Å². The smallest absolute Gasteiger partial charge is 0.258 e. The zero-order valence-electron chi connectivity index (χ0n) is 8.01. The molecule has 0 aliphatic rings. The van der Waals surface area contributed by atoms with E-state index in [1.165, 1.54) is 17.4 Å². The summed E-state index contributed by atoms with van der Waals surface area (Å²) in [5.74, 6) is 0. The molecule has 0 amide bonds. The van der Waals surface area contributed by atoms with Crippen LogP contribution in [0.4, 0.5) is 5.69 Å². The number of aromatic nitrogens is 1. The summed E-state index contributed by atoms with van der Waals surface area (Å²) in [6.45, 7) is 1.85. The number of hydrogen-bond donors (Lipinski definition) is 0. The summed E-state index contributed by atoms with van der Waals surface area (Å²) >= 11 is 1.41. The topological polar surface area (TPSA) is 56.0 Å². The van der Waals surface area contributed by atoms with Crippen LogP contribution in [0.2, 0.25) is 0 Å². The minimum Gasteiger partial charge on any atom is -0.258 e. The fraction of sp³-hybridized carbons (Fsp3) is 0.100. The van der Waals surface area contributed by atoms with Gasteiger partial charge in [-0.3, -0.25) is 10.1 Å². The predicted octanol–water partition coefficient (Wildman–Crippen LogP) is 3.03. The fourth-order valence-corrected chi connectivity index (χ4v) is 2.19. The number of hydrogen-bond acceptors (Lipinski definition) is 4. The third-order valence-corrected chi connectivity index (χ3v) is 2.88. The Morgan fingerprint density at radius 2 is 2.27 bits per heavy atom. The Morgan fingerprint density at radius 1 is 1.47 bits per heavy atom. The first-order valence-corrected chi connectivity index (χ1v) is 5.22. The van der Waals surface area contributed by atoms with Gasteiger partial charge in [-0.05, 0) is 12.5 Å². The molecular formula is C10H8N2O2S. The van der Waals surface area contributed by atoms with Crippen molar-refractivity contribution in [2.45, 2.75) is 6.92 Å². The quantitative estimate of drug-likeness (QED) is 0.577. The van der Waals surface area contributed by atoms with Gasteiger partial charge in [0.05, 0.1) is 10.5 Å². The molecule has 0 radical (unpaired) electrons. The molecule has 2 aromatic rings. The molecule has 0 spiro atoms. The molecule has 0 saturated heterocycles. The summed E-state index contributed by atoms with van der Waals surface area (Å²) in [4.78, 5) is 14.6. The first kappa shape index (κ1) is 9.79. The zero-order chi connectivity index (χ0) is 10.8. The van der Waals surface area contributed by atoms with Gasteiger partial charge in [-0.2, -0.15) is 0 Å². The monoisotopic (exact) mass is 220 g/mol. The van der Waals surface area contributed by atoms with Crippen molar-refractivity contribution in [3.63, 3.8) is 0 Å². The lowest BCUT2D eigenvalue weighted by atomic mass is 10.1. The van der Waals surface area contributed by atoms with E-state index < -0.39 is 0 Å². The van der Waals surface area contributed by atoms with Crippen molar-refractivity contribution in [3.8, 4) is 10.6 Å². The number of nitro groups is 1. The molecule has 0 unspecified atom stereocenters. The second kappa shape index (κ2) is 3.78. The molecule has 4 nitrogen and oxygen atoms in total. The van der Waals surface area contributed by atoms with Gasteiger partial charge in [0.15, 0.2) is 0 Å². The zero-order valence-corrected chi connectivity index (χ0v) is 8.82. The van der Waals surface area contributed by atoms with Crippen molar-refractivity contribution in [1.29, 1.82) is 0 Å². The van der Waals surface area contributed by atoms with Crippen LogP contribution in [0.15, 0.2) is 29.8 Å². The molecule has 1 aromatic heterocycles. The number of nitro benzene ring substituents is 1. The van der Waals surface area contributed by atoms with Gasteiger partial charge >= 0.3 is 0 Å². The molecular weight excluding hydrogens is 212 g/mol. The average Bonchev–Trinajstić information content (AvgIpc) is 2.70. The Morgan fingerprint density at radius 3 is 2.87 bits per heavy atom. The molecule has 0 bridgehead atoms. The summed E-state index contributed by atoms with van der Waals surface area (Å²) in [5, 5.41) is 13.4. The van der Waals surface area contributed by atoms with Crippen LogP contribution in [0.1, 0.15) is 5.56 Å². The number of nitrogens with zero attached hydrogens (tertiary/aromatic N) is 2. The lowest BCUT2D eigenvalue weighted by Gasteiger charge is -2.02. The summed E-state index contributed by atoms with van der Waals surface area (Å²) in [6, 6.07) is 5.04. The van der Waals surface area contributed by atoms with Gasteiger partial charge in [0.2, 0.25) is 0 Å². The van der Waals surface area contributed by atoms with Crippen LogP contribution >= 0.6 is 11.3 Å². The second-order valence-corrected chi connectivity index (χ2v) is 3.96. The molecule has 0 atom stereocenters. The third kappa shape index (κ3) is 1.73. The van der Waals surface area contributed by atoms with Crippen LogP contribution in [0.3, 0.4) is 0 Å². The van der Waals surface area contributed by atoms with Crippen molar-refractivity contribution < 1.29 is 4.92 Å². The summed E-state index contributed by atoms with van der Waals surface area (Å²) in [6.07, 6.45) is 1.65. The number of aryl methyl sites for hydroxylation is 1. The van der Waals surface area contributed by atoms with Gasteiger partial charge in [-0.25, -0.2) is 4.98 Å². The van der Waals surface area contributed by atoms with Crippen molar-refractivity contribution in [1.82, 2.24) is 4.98 Å². The standard InChI is InChI=1S/C10H8N2O2S/c1-7-3-2-4-8(12(13)14)9(7)10-11-5-6-15-10/h2-6H,1H3. The van der Waals surface area contributed by atoms with Crippen LogP contribution < -0.4 is 0 Å². The largest absolute Gasteiger partial charge is 0.279 e. The lowest BCUT2D eigenvalue weighted by molar-refractivity contribution is -0.384. The highest BCUT2D eigenvalue weighted by molar-refractivity contribution is 7.13. The molecule has 5 heteroatoms. The van der Waals surface area contributed by atoms with E-state index in [1.807, 2.05) is 18.4 Å². The average molecular weight is 220 g/mol. The predicted molar refractivity (Wildman–Crippen MR) is 58.9 cm³/mol. The second-order valence-electron chi connectivity index (χ2n) is 3.06. The maximum absolute atomic E-state index is 10.9. The molecule has 0 aliphatic heterocycles. The Bertz CT molecular complexity index is 494. The van der Waals surface area contributed by atoms with E-state index in [2.05, 4.69) is 4.98 Å². The Hall–Kier alpha value is -1.75. The SMILES string of the molecule is Cc1cccc([N+](=O)[O-])c1-c1nccs1.